The van der Waals surface area contributed by atoms with Crippen molar-refractivity contribution in [3.8, 4) is 17.0 Å². The zero-order valence-corrected chi connectivity index (χ0v) is 21.2. The molecule has 0 bridgehead atoms. The standard InChI is InChI=1S/C32H41NO/c1-3-5-7-9-10-14-21-33-30-22-25(16-11-8-6-4-2)23-32(34)29(30)24-31(33)28-20-15-18-26-17-12-13-19-27(26)28/h12-13,15,17-20,22-24,34H,3-11,14,16,21H2,1-2H3. The molecule has 2 heteroatoms. The second-order valence-electron chi connectivity index (χ2n) is 9.83. The zero-order valence-electron chi connectivity index (χ0n) is 21.2. The number of nitrogens with zero attached hydrogens (tertiary/aromatic N) is 1. The van der Waals surface area contributed by atoms with Crippen LogP contribution in [0.5, 0.6) is 5.75 Å². The van der Waals surface area contributed by atoms with Crippen molar-refractivity contribution in [1.82, 2.24) is 4.57 Å². The fraction of sp³-hybridized carbons (Fsp3) is 0.438. The van der Waals surface area contributed by atoms with Crippen molar-refractivity contribution in [3.05, 3.63) is 66.2 Å². The number of hydrogen-bond donors (Lipinski definition) is 1. The van der Waals surface area contributed by atoms with Gasteiger partial charge in [-0.2, -0.15) is 0 Å². The average Bonchev–Trinajstić information content (AvgIpc) is 3.22. The number of unbranched alkanes of at least 4 members (excludes halogenated alkanes) is 8. The average molecular weight is 456 g/mol. The van der Waals surface area contributed by atoms with Gasteiger partial charge < -0.3 is 9.67 Å². The lowest BCUT2D eigenvalue weighted by Crippen LogP contribution is -2.01. The molecule has 1 heterocycles. The molecule has 3 aromatic carbocycles. The molecule has 0 aliphatic heterocycles. The Morgan fingerprint density at radius 2 is 1.38 bits per heavy atom. The zero-order chi connectivity index (χ0) is 23.8. The molecule has 4 aromatic rings. The van der Waals surface area contributed by atoms with Gasteiger partial charge in [0.05, 0.1) is 5.52 Å². The number of aromatic hydroxyl groups is 1. The third kappa shape index (κ3) is 5.66. The van der Waals surface area contributed by atoms with Gasteiger partial charge in [-0.15, -0.1) is 0 Å². The summed E-state index contributed by atoms with van der Waals surface area (Å²) in [6, 6.07) is 21.8. The summed E-state index contributed by atoms with van der Waals surface area (Å²) >= 11 is 0. The minimum absolute atomic E-state index is 0.422. The quantitative estimate of drug-likeness (QED) is 0.199. The van der Waals surface area contributed by atoms with Crippen LogP contribution < -0.4 is 0 Å². The van der Waals surface area contributed by atoms with Crippen LogP contribution in [-0.2, 0) is 13.0 Å². The molecular weight excluding hydrogens is 414 g/mol. The molecule has 0 atom stereocenters. The Bertz CT molecular complexity index is 1200. The van der Waals surface area contributed by atoms with Gasteiger partial charge in [-0.3, -0.25) is 0 Å². The molecule has 0 saturated carbocycles. The molecular formula is C32H41NO. The predicted octanol–water partition coefficient (Wildman–Crippen LogP) is 9.65. The SMILES string of the molecule is CCCCCCCCn1c(-c2cccc3ccccc23)cc2c(O)cc(CCCCCC)cc21. The Hall–Kier alpha value is -2.74. The van der Waals surface area contributed by atoms with E-state index in [-0.39, 0.29) is 0 Å². The molecule has 34 heavy (non-hydrogen) atoms. The Morgan fingerprint density at radius 1 is 0.676 bits per heavy atom. The fourth-order valence-corrected chi connectivity index (χ4v) is 5.26. The van der Waals surface area contributed by atoms with Crippen LogP contribution in [-0.4, -0.2) is 9.67 Å². The third-order valence-electron chi connectivity index (χ3n) is 7.18. The number of fused-ring (bicyclic) bond motifs is 2. The van der Waals surface area contributed by atoms with Gasteiger partial charge in [0, 0.05) is 23.2 Å². The lowest BCUT2D eigenvalue weighted by atomic mass is 10.0. The molecule has 4 rings (SSSR count). The van der Waals surface area contributed by atoms with E-state index in [1.165, 1.54) is 97.3 Å². The first-order valence-electron chi connectivity index (χ1n) is 13.6. The highest BCUT2D eigenvalue weighted by atomic mass is 16.3. The topological polar surface area (TPSA) is 25.2 Å². The fourth-order valence-electron chi connectivity index (χ4n) is 5.26. The van der Waals surface area contributed by atoms with Gasteiger partial charge in [0.1, 0.15) is 5.75 Å². The maximum absolute atomic E-state index is 11.0. The predicted molar refractivity (Wildman–Crippen MR) is 148 cm³/mol. The first-order chi connectivity index (χ1) is 16.7. The maximum atomic E-state index is 11.0. The van der Waals surface area contributed by atoms with Crippen LogP contribution in [0.4, 0.5) is 0 Å². The molecule has 0 fully saturated rings. The number of aromatic nitrogens is 1. The minimum atomic E-state index is 0.422. The van der Waals surface area contributed by atoms with E-state index < -0.39 is 0 Å². The summed E-state index contributed by atoms with van der Waals surface area (Å²) in [6.45, 7) is 5.52. The molecule has 0 radical (unpaired) electrons. The highest BCUT2D eigenvalue weighted by Gasteiger charge is 2.16. The summed E-state index contributed by atoms with van der Waals surface area (Å²) in [5.41, 5.74) is 4.91. The van der Waals surface area contributed by atoms with Gasteiger partial charge in [-0.25, -0.2) is 0 Å². The molecule has 0 aliphatic rings. The molecule has 180 valence electrons. The summed E-state index contributed by atoms with van der Waals surface area (Å²) in [7, 11) is 0. The summed E-state index contributed by atoms with van der Waals surface area (Å²) < 4.78 is 2.48. The van der Waals surface area contributed by atoms with E-state index in [0.717, 1.165) is 18.4 Å². The van der Waals surface area contributed by atoms with E-state index in [4.69, 9.17) is 0 Å². The molecule has 1 N–H and O–H groups in total. The van der Waals surface area contributed by atoms with Gasteiger partial charge in [0.15, 0.2) is 0 Å². The number of phenols is 1. The van der Waals surface area contributed by atoms with Crippen LogP contribution in [0.2, 0.25) is 0 Å². The normalized spacial score (nSPS) is 11.6. The molecule has 0 saturated heterocycles. The maximum Gasteiger partial charge on any atom is 0.125 e. The van der Waals surface area contributed by atoms with Gasteiger partial charge in [0.25, 0.3) is 0 Å². The number of rotatable bonds is 13. The van der Waals surface area contributed by atoms with E-state index in [1.807, 2.05) is 6.07 Å². The van der Waals surface area contributed by atoms with Crippen molar-refractivity contribution in [1.29, 1.82) is 0 Å². The Labute approximate surface area is 205 Å². The minimum Gasteiger partial charge on any atom is -0.507 e. The van der Waals surface area contributed by atoms with E-state index in [2.05, 4.69) is 73.0 Å². The van der Waals surface area contributed by atoms with Crippen molar-refractivity contribution in [2.24, 2.45) is 0 Å². The van der Waals surface area contributed by atoms with E-state index in [9.17, 15) is 5.11 Å². The highest BCUT2D eigenvalue weighted by Crippen LogP contribution is 2.37. The lowest BCUT2D eigenvalue weighted by Gasteiger charge is -2.14. The monoisotopic (exact) mass is 455 g/mol. The largest absolute Gasteiger partial charge is 0.507 e. The van der Waals surface area contributed by atoms with E-state index in [1.54, 1.807) is 0 Å². The van der Waals surface area contributed by atoms with Crippen molar-refractivity contribution in [2.75, 3.05) is 0 Å². The number of aryl methyl sites for hydroxylation is 2. The van der Waals surface area contributed by atoms with Crippen molar-refractivity contribution >= 4 is 21.7 Å². The molecule has 0 spiro atoms. The van der Waals surface area contributed by atoms with E-state index in [0.29, 0.717) is 5.75 Å². The van der Waals surface area contributed by atoms with Crippen molar-refractivity contribution < 1.29 is 5.11 Å². The third-order valence-corrected chi connectivity index (χ3v) is 7.18. The molecule has 1 aromatic heterocycles. The Kier molecular flexibility index (Phi) is 8.68. The highest BCUT2D eigenvalue weighted by molar-refractivity contribution is 6.00. The second-order valence-corrected chi connectivity index (χ2v) is 9.83. The summed E-state index contributed by atoms with van der Waals surface area (Å²) in [5.74, 6) is 0.422. The van der Waals surface area contributed by atoms with Gasteiger partial charge >= 0.3 is 0 Å². The van der Waals surface area contributed by atoms with Crippen molar-refractivity contribution in [2.45, 2.75) is 91.0 Å². The van der Waals surface area contributed by atoms with Crippen LogP contribution in [0.3, 0.4) is 0 Å². The number of benzene rings is 3. The van der Waals surface area contributed by atoms with Gasteiger partial charge in [-0.05, 0) is 53.8 Å². The molecule has 2 nitrogen and oxygen atoms in total. The van der Waals surface area contributed by atoms with Crippen LogP contribution >= 0.6 is 0 Å². The van der Waals surface area contributed by atoms with Crippen molar-refractivity contribution in [3.63, 3.8) is 0 Å². The summed E-state index contributed by atoms with van der Waals surface area (Å²) in [4.78, 5) is 0. The molecule has 0 unspecified atom stereocenters. The van der Waals surface area contributed by atoms with Crippen LogP contribution in [0.15, 0.2) is 60.7 Å². The smallest absolute Gasteiger partial charge is 0.125 e. The van der Waals surface area contributed by atoms with Gasteiger partial charge in [-0.1, -0.05) is 108 Å². The molecule has 0 amide bonds. The number of phenolic OH excluding ortho intramolecular Hbond substituents is 1. The Balaban J connectivity index is 1.72. The first kappa shape index (κ1) is 24.4. The van der Waals surface area contributed by atoms with E-state index >= 15 is 0 Å². The summed E-state index contributed by atoms with van der Waals surface area (Å²) in [6.07, 6.45) is 13.7. The first-order valence-corrected chi connectivity index (χ1v) is 13.6. The van der Waals surface area contributed by atoms with Crippen LogP contribution in [0.1, 0.15) is 83.6 Å². The molecule has 0 aliphatic carbocycles. The summed E-state index contributed by atoms with van der Waals surface area (Å²) in [5, 5.41) is 14.5. The lowest BCUT2D eigenvalue weighted by molar-refractivity contribution is 0.480. The Morgan fingerprint density at radius 3 is 2.21 bits per heavy atom. The van der Waals surface area contributed by atoms with Gasteiger partial charge in [0.2, 0.25) is 0 Å². The van der Waals surface area contributed by atoms with Crippen LogP contribution in [0.25, 0.3) is 32.9 Å². The number of hydrogen-bond acceptors (Lipinski definition) is 1. The van der Waals surface area contributed by atoms with Crippen LogP contribution in [0, 0.1) is 0 Å². The second kappa shape index (κ2) is 12.1.